The Labute approximate surface area is 107 Å². The Morgan fingerprint density at radius 1 is 1.39 bits per heavy atom. The highest BCUT2D eigenvalue weighted by Gasteiger charge is 2.37. The lowest BCUT2D eigenvalue weighted by Crippen LogP contribution is -2.37. The third kappa shape index (κ3) is 2.65. The number of azo groups is 1. The second-order valence-electron chi connectivity index (χ2n) is 3.75. The number of ether oxygens (including phenoxy) is 3. The molecular weight excluding hydrogens is 258 g/mol. The van der Waals surface area contributed by atoms with Crippen molar-refractivity contribution in [1.82, 2.24) is 4.98 Å². The van der Waals surface area contributed by atoms with E-state index < -0.39 is 11.8 Å². The predicted molar refractivity (Wildman–Crippen MR) is 61.9 cm³/mol. The van der Waals surface area contributed by atoms with Gasteiger partial charge >= 0.3 is 11.9 Å². The van der Waals surface area contributed by atoms with Gasteiger partial charge < -0.3 is 14.2 Å². The maximum absolute atomic E-state index is 11.7. The summed E-state index contributed by atoms with van der Waals surface area (Å²) in [6.07, 6.45) is 1.59. The third-order valence-corrected chi connectivity index (χ3v) is 2.56. The molecule has 1 aromatic heterocycles. The van der Waals surface area contributed by atoms with E-state index in [1.807, 2.05) is 0 Å². The van der Waals surface area contributed by atoms with Crippen LogP contribution >= 0.6 is 11.3 Å². The zero-order valence-corrected chi connectivity index (χ0v) is 10.9. The van der Waals surface area contributed by atoms with Gasteiger partial charge in [0.25, 0.3) is 11.5 Å². The van der Waals surface area contributed by atoms with Crippen molar-refractivity contribution in [2.75, 3.05) is 7.11 Å². The monoisotopic (exact) mass is 269 g/mol. The molecule has 0 saturated carbocycles. The second kappa shape index (κ2) is 4.73. The molecule has 0 unspecified atom stereocenters. The fourth-order valence-corrected chi connectivity index (χ4v) is 1.68. The summed E-state index contributed by atoms with van der Waals surface area (Å²) in [5.41, 5.74) is -0.118. The molecule has 1 aliphatic heterocycles. The molecule has 0 aliphatic carbocycles. The van der Waals surface area contributed by atoms with Crippen molar-refractivity contribution in [1.29, 1.82) is 0 Å². The highest BCUT2D eigenvalue weighted by atomic mass is 32.1. The molecular formula is C10H11N3O4S. The number of aromatic nitrogens is 1. The minimum Gasteiger partial charge on any atom is -0.467 e. The summed E-state index contributed by atoms with van der Waals surface area (Å²) < 4.78 is 15.3. The lowest BCUT2D eigenvalue weighted by Gasteiger charge is -2.30. The maximum Gasteiger partial charge on any atom is 0.369 e. The van der Waals surface area contributed by atoms with Crippen molar-refractivity contribution in [2.45, 2.75) is 19.6 Å². The lowest BCUT2D eigenvalue weighted by molar-refractivity contribution is -0.224. The van der Waals surface area contributed by atoms with Crippen LogP contribution in [0.3, 0.4) is 0 Å². The van der Waals surface area contributed by atoms with Crippen molar-refractivity contribution in [2.24, 2.45) is 10.2 Å². The largest absolute Gasteiger partial charge is 0.467 e. The minimum atomic E-state index is -1.08. The summed E-state index contributed by atoms with van der Waals surface area (Å²) in [5, 5.41) is 9.73. The Kier molecular flexibility index (Phi) is 3.28. The van der Waals surface area contributed by atoms with Gasteiger partial charge in [-0.3, -0.25) is 0 Å². The molecule has 0 fully saturated rings. The number of methoxy groups -OCH3 is 1. The van der Waals surface area contributed by atoms with Crippen LogP contribution in [0, 0.1) is 0 Å². The van der Waals surface area contributed by atoms with Crippen LogP contribution in [0.25, 0.3) is 0 Å². The number of hydrogen-bond acceptors (Lipinski definition) is 8. The molecule has 0 amide bonds. The van der Waals surface area contributed by atoms with Crippen LogP contribution in [0.4, 0.5) is 5.13 Å². The number of cyclic esters (lactones) is 1. The lowest BCUT2D eigenvalue weighted by atomic mass is 10.3. The Morgan fingerprint density at radius 2 is 2.17 bits per heavy atom. The van der Waals surface area contributed by atoms with E-state index in [4.69, 9.17) is 14.2 Å². The van der Waals surface area contributed by atoms with Crippen molar-refractivity contribution in [3.05, 3.63) is 23.2 Å². The van der Waals surface area contributed by atoms with Crippen LogP contribution in [-0.4, -0.2) is 23.9 Å². The van der Waals surface area contributed by atoms with Crippen LogP contribution in [0.5, 0.6) is 0 Å². The van der Waals surface area contributed by atoms with E-state index in [-0.39, 0.29) is 11.6 Å². The summed E-state index contributed by atoms with van der Waals surface area (Å²) in [4.78, 5) is 15.6. The Bertz CT molecular complexity index is 507. The van der Waals surface area contributed by atoms with E-state index in [1.54, 1.807) is 25.4 Å². The van der Waals surface area contributed by atoms with Gasteiger partial charge in [-0.1, -0.05) is 0 Å². The fraction of sp³-hybridized carbons (Fsp3) is 0.400. The van der Waals surface area contributed by atoms with Gasteiger partial charge in [0, 0.05) is 25.4 Å². The molecule has 1 aliphatic rings. The first-order valence-electron chi connectivity index (χ1n) is 5.04. The quantitative estimate of drug-likeness (QED) is 0.621. The van der Waals surface area contributed by atoms with E-state index in [1.165, 1.54) is 18.4 Å². The SMILES string of the molecule is COC1=C(N=Nc2nccs2)C(=O)OC(C)(C)O1. The molecule has 8 heteroatoms. The topological polar surface area (TPSA) is 82.4 Å². The standard InChI is InChI=1S/C10H11N3O4S/c1-10(2)16-7(14)6(8(15-3)17-10)12-13-9-11-4-5-18-9/h4-5H,1-3H3. The van der Waals surface area contributed by atoms with Gasteiger partial charge in [-0.2, -0.15) is 0 Å². The molecule has 0 spiro atoms. The summed E-state index contributed by atoms with van der Waals surface area (Å²) in [7, 11) is 1.38. The third-order valence-electron chi connectivity index (χ3n) is 1.90. The van der Waals surface area contributed by atoms with Crippen LogP contribution in [-0.2, 0) is 19.0 Å². The first kappa shape index (κ1) is 12.5. The molecule has 18 heavy (non-hydrogen) atoms. The molecule has 0 aromatic carbocycles. The van der Waals surface area contributed by atoms with Crippen molar-refractivity contribution in [3.63, 3.8) is 0 Å². The number of carbonyl (C=O) groups is 1. The number of rotatable bonds is 3. The molecule has 0 N–H and O–H groups in total. The Balaban J connectivity index is 2.28. The average Bonchev–Trinajstić information content (AvgIpc) is 2.78. The van der Waals surface area contributed by atoms with Crippen molar-refractivity contribution >= 4 is 22.4 Å². The first-order valence-corrected chi connectivity index (χ1v) is 5.91. The van der Waals surface area contributed by atoms with Gasteiger partial charge in [0.15, 0.2) is 0 Å². The Hall–Kier alpha value is -1.96. The summed E-state index contributed by atoms with van der Waals surface area (Å²) in [5.74, 6) is -1.75. The Morgan fingerprint density at radius 3 is 2.78 bits per heavy atom. The molecule has 2 heterocycles. The van der Waals surface area contributed by atoms with Gasteiger partial charge in [-0.25, -0.2) is 9.78 Å². The van der Waals surface area contributed by atoms with E-state index in [9.17, 15) is 4.79 Å². The van der Waals surface area contributed by atoms with Crippen molar-refractivity contribution in [3.8, 4) is 0 Å². The van der Waals surface area contributed by atoms with Gasteiger partial charge in [-0.15, -0.1) is 21.6 Å². The van der Waals surface area contributed by atoms with Gasteiger partial charge in [0.05, 0.1) is 7.11 Å². The number of nitrogens with zero attached hydrogens (tertiary/aromatic N) is 3. The zero-order valence-electron chi connectivity index (χ0n) is 10.0. The summed E-state index contributed by atoms with van der Waals surface area (Å²) in [6.45, 7) is 3.19. The summed E-state index contributed by atoms with van der Waals surface area (Å²) >= 11 is 1.29. The molecule has 1 aromatic rings. The number of hydrogen-bond donors (Lipinski definition) is 0. The smallest absolute Gasteiger partial charge is 0.369 e. The van der Waals surface area contributed by atoms with E-state index in [2.05, 4.69) is 15.2 Å². The zero-order chi connectivity index (χ0) is 13.2. The highest BCUT2D eigenvalue weighted by molar-refractivity contribution is 7.13. The fourth-order valence-electron chi connectivity index (χ4n) is 1.23. The molecule has 0 atom stereocenters. The molecule has 7 nitrogen and oxygen atoms in total. The van der Waals surface area contributed by atoms with Crippen LogP contribution in [0.2, 0.25) is 0 Å². The average molecular weight is 269 g/mol. The van der Waals surface area contributed by atoms with Crippen molar-refractivity contribution < 1.29 is 19.0 Å². The molecule has 0 bridgehead atoms. The number of esters is 1. The number of thiazole rings is 1. The van der Waals surface area contributed by atoms with E-state index in [0.717, 1.165) is 0 Å². The highest BCUT2D eigenvalue weighted by Crippen LogP contribution is 2.28. The molecule has 0 radical (unpaired) electrons. The van der Waals surface area contributed by atoms with Crippen LogP contribution in [0.15, 0.2) is 33.4 Å². The second-order valence-corrected chi connectivity index (χ2v) is 4.62. The maximum atomic E-state index is 11.7. The van der Waals surface area contributed by atoms with E-state index >= 15 is 0 Å². The van der Waals surface area contributed by atoms with E-state index in [0.29, 0.717) is 5.13 Å². The van der Waals surface area contributed by atoms with Gasteiger partial charge in [0.2, 0.25) is 5.13 Å². The molecule has 0 saturated heterocycles. The molecule has 96 valence electrons. The van der Waals surface area contributed by atoms with Crippen LogP contribution in [0.1, 0.15) is 13.8 Å². The predicted octanol–water partition coefficient (Wildman–Crippen LogP) is 2.35. The van der Waals surface area contributed by atoms with Gasteiger partial charge in [-0.05, 0) is 0 Å². The minimum absolute atomic E-state index is 0.0171. The molecule has 2 rings (SSSR count). The first-order chi connectivity index (χ1) is 8.52. The van der Waals surface area contributed by atoms with Crippen LogP contribution < -0.4 is 0 Å². The van der Waals surface area contributed by atoms with Gasteiger partial charge in [0.1, 0.15) is 0 Å². The number of carbonyl (C=O) groups excluding carboxylic acids is 1. The summed E-state index contributed by atoms with van der Waals surface area (Å²) in [6, 6.07) is 0. The normalized spacial score (nSPS) is 18.7.